The first kappa shape index (κ1) is 13.5. The zero-order valence-corrected chi connectivity index (χ0v) is 11.2. The third-order valence-electron chi connectivity index (χ3n) is 2.72. The predicted octanol–water partition coefficient (Wildman–Crippen LogP) is 2.81. The first-order chi connectivity index (χ1) is 9.04. The minimum absolute atomic E-state index is 0.132. The van der Waals surface area contributed by atoms with Crippen LogP contribution in [0.3, 0.4) is 0 Å². The Labute approximate surface area is 115 Å². The molecule has 4 nitrogen and oxygen atoms in total. The van der Waals surface area contributed by atoms with Gasteiger partial charge in [0.2, 0.25) is 5.95 Å². The molecular weight excluding hydrogens is 267 g/mol. The molecular formula is C13H14ClFN4. The largest absolute Gasteiger partial charge is 0.370 e. The molecule has 0 atom stereocenters. The third-order valence-corrected chi connectivity index (χ3v) is 2.91. The lowest BCUT2D eigenvalue weighted by molar-refractivity contribution is 0.625. The number of nitrogens with zero attached hydrogens (tertiary/aromatic N) is 2. The number of hydrogen-bond donors (Lipinski definition) is 2. The molecule has 3 N–H and O–H groups in total. The Morgan fingerprint density at radius 1 is 1.32 bits per heavy atom. The van der Waals surface area contributed by atoms with Gasteiger partial charge in [0.15, 0.2) is 0 Å². The summed E-state index contributed by atoms with van der Waals surface area (Å²) in [7, 11) is 0. The molecule has 0 bridgehead atoms. The molecule has 19 heavy (non-hydrogen) atoms. The van der Waals surface area contributed by atoms with E-state index in [1.165, 1.54) is 12.1 Å². The second kappa shape index (κ2) is 5.84. The number of benzene rings is 1. The topological polar surface area (TPSA) is 63.8 Å². The summed E-state index contributed by atoms with van der Waals surface area (Å²) < 4.78 is 13.0. The fraction of sp³-hybridized carbons (Fsp3) is 0.231. The van der Waals surface area contributed by atoms with E-state index in [-0.39, 0.29) is 11.8 Å². The van der Waals surface area contributed by atoms with Crippen LogP contribution in [0.25, 0.3) is 0 Å². The second-order valence-corrected chi connectivity index (χ2v) is 4.57. The van der Waals surface area contributed by atoms with E-state index < -0.39 is 0 Å². The maximum Gasteiger partial charge on any atom is 0.223 e. The summed E-state index contributed by atoms with van der Waals surface area (Å²) in [5, 5.41) is 3.41. The first-order valence-electron chi connectivity index (χ1n) is 5.83. The summed E-state index contributed by atoms with van der Waals surface area (Å²) in [6, 6.07) is 6.37. The minimum Gasteiger partial charge on any atom is -0.370 e. The molecule has 0 aliphatic rings. The monoisotopic (exact) mass is 280 g/mol. The average Bonchev–Trinajstić information content (AvgIpc) is 2.30. The van der Waals surface area contributed by atoms with Crippen molar-refractivity contribution in [2.24, 2.45) is 0 Å². The first-order valence-corrected chi connectivity index (χ1v) is 6.21. The van der Waals surface area contributed by atoms with Gasteiger partial charge in [0.05, 0.1) is 0 Å². The van der Waals surface area contributed by atoms with Crippen molar-refractivity contribution in [3.05, 3.63) is 46.4 Å². The number of anilines is 2. The van der Waals surface area contributed by atoms with Crippen molar-refractivity contribution >= 4 is 23.4 Å². The van der Waals surface area contributed by atoms with Crippen molar-refractivity contribution in [1.82, 2.24) is 9.97 Å². The number of aromatic nitrogens is 2. The van der Waals surface area contributed by atoms with Gasteiger partial charge in [0.25, 0.3) is 0 Å². The zero-order valence-electron chi connectivity index (χ0n) is 10.5. The highest BCUT2D eigenvalue weighted by molar-refractivity contribution is 6.29. The number of hydrogen-bond acceptors (Lipinski definition) is 4. The van der Waals surface area contributed by atoms with Crippen molar-refractivity contribution in [2.45, 2.75) is 13.3 Å². The second-order valence-electron chi connectivity index (χ2n) is 4.18. The average molecular weight is 281 g/mol. The van der Waals surface area contributed by atoms with Gasteiger partial charge < -0.3 is 11.1 Å². The molecule has 6 heteroatoms. The predicted molar refractivity (Wildman–Crippen MR) is 74.8 cm³/mol. The van der Waals surface area contributed by atoms with Crippen LogP contribution in [0.1, 0.15) is 11.1 Å². The molecule has 0 aliphatic carbocycles. The van der Waals surface area contributed by atoms with Crippen LogP contribution >= 0.6 is 11.6 Å². The summed E-state index contributed by atoms with van der Waals surface area (Å²) >= 11 is 5.78. The third kappa shape index (κ3) is 3.79. The Bertz CT molecular complexity index is 569. The van der Waals surface area contributed by atoms with Crippen molar-refractivity contribution in [3.63, 3.8) is 0 Å². The number of nitrogen functional groups attached to an aromatic ring is 1. The van der Waals surface area contributed by atoms with E-state index in [1.807, 2.05) is 6.92 Å². The lowest BCUT2D eigenvalue weighted by Crippen LogP contribution is -2.08. The van der Waals surface area contributed by atoms with Crippen LogP contribution in [-0.4, -0.2) is 16.5 Å². The summed E-state index contributed by atoms with van der Waals surface area (Å²) in [6.07, 6.45) is 0.758. The van der Waals surface area contributed by atoms with Crippen molar-refractivity contribution in [2.75, 3.05) is 17.6 Å². The van der Waals surface area contributed by atoms with E-state index >= 15 is 0 Å². The van der Waals surface area contributed by atoms with Gasteiger partial charge in [-0.15, -0.1) is 0 Å². The number of nitrogens with two attached hydrogens (primary N) is 1. The highest BCUT2D eigenvalue weighted by atomic mass is 35.5. The Morgan fingerprint density at radius 2 is 2.11 bits per heavy atom. The molecule has 0 spiro atoms. The van der Waals surface area contributed by atoms with Crippen LogP contribution in [0.15, 0.2) is 24.3 Å². The quantitative estimate of drug-likeness (QED) is 0.846. The molecule has 0 amide bonds. The standard InChI is InChI=1S/C13H14ClFN4/c1-8-6-10(15)3-2-9(8)4-5-17-12-7-11(14)18-13(16)19-12/h2-3,6-7H,4-5H2,1H3,(H3,16,17,18,19). The highest BCUT2D eigenvalue weighted by Crippen LogP contribution is 2.14. The normalized spacial score (nSPS) is 10.5. The van der Waals surface area contributed by atoms with E-state index in [0.29, 0.717) is 17.5 Å². The van der Waals surface area contributed by atoms with Gasteiger partial charge in [-0.25, -0.2) is 9.37 Å². The van der Waals surface area contributed by atoms with E-state index in [0.717, 1.165) is 17.5 Å². The van der Waals surface area contributed by atoms with Crippen LogP contribution in [-0.2, 0) is 6.42 Å². The molecule has 0 fully saturated rings. The van der Waals surface area contributed by atoms with Gasteiger partial charge in [-0.2, -0.15) is 4.98 Å². The van der Waals surface area contributed by atoms with E-state index in [4.69, 9.17) is 17.3 Å². The van der Waals surface area contributed by atoms with Crippen LogP contribution in [0.2, 0.25) is 5.15 Å². The van der Waals surface area contributed by atoms with Gasteiger partial charge in [-0.1, -0.05) is 17.7 Å². The number of aryl methyl sites for hydroxylation is 1. The molecule has 0 saturated carbocycles. The Morgan fingerprint density at radius 3 is 2.79 bits per heavy atom. The minimum atomic E-state index is -0.218. The molecule has 1 aromatic heterocycles. The zero-order chi connectivity index (χ0) is 13.8. The van der Waals surface area contributed by atoms with Crippen LogP contribution in [0.5, 0.6) is 0 Å². The van der Waals surface area contributed by atoms with Crippen LogP contribution in [0.4, 0.5) is 16.2 Å². The molecule has 100 valence electrons. The van der Waals surface area contributed by atoms with E-state index in [1.54, 1.807) is 12.1 Å². The molecule has 1 heterocycles. The van der Waals surface area contributed by atoms with Gasteiger partial charge in [0, 0.05) is 12.6 Å². The van der Waals surface area contributed by atoms with Crippen molar-refractivity contribution in [1.29, 1.82) is 0 Å². The SMILES string of the molecule is Cc1cc(F)ccc1CCNc1cc(Cl)nc(N)n1. The van der Waals surface area contributed by atoms with E-state index in [9.17, 15) is 4.39 Å². The van der Waals surface area contributed by atoms with E-state index in [2.05, 4.69) is 15.3 Å². The fourth-order valence-corrected chi connectivity index (χ4v) is 1.98. The maximum atomic E-state index is 13.0. The lowest BCUT2D eigenvalue weighted by atomic mass is 10.1. The molecule has 0 aliphatic heterocycles. The van der Waals surface area contributed by atoms with Gasteiger partial charge in [-0.05, 0) is 36.6 Å². The Kier molecular flexibility index (Phi) is 4.16. The molecule has 0 unspecified atom stereocenters. The Balaban J connectivity index is 1.96. The smallest absolute Gasteiger partial charge is 0.223 e. The molecule has 0 saturated heterocycles. The number of rotatable bonds is 4. The number of halogens is 2. The molecule has 2 rings (SSSR count). The van der Waals surface area contributed by atoms with Gasteiger partial charge in [-0.3, -0.25) is 0 Å². The summed E-state index contributed by atoms with van der Waals surface area (Å²) in [6.45, 7) is 2.54. The van der Waals surface area contributed by atoms with Gasteiger partial charge in [0.1, 0.15) is 16.8 Å². The highest BCUT2D eigenvalue weighted by Gasteiger charge is 2.02. The number of nitrogens with one attached hydrogen (secondary N) is 1. The summed E-state index contributed by atoms with van der Waals surface area (Å²) in [4.78, 5) is 7.79. The van der Waals surface area contributed by atoms with Crippen LogP contribution in [0, 0.1) is 12.7 Å². The molecule has 1 aromatic carbocycles. The fourth-order valence-electron chi connectivity index (χ4n) is 1.79. The maximum absolute atomic E-state index is 13.0. The molecule has 2 aromatic rings. The van der Waals surface area contributed by atoms with Crippen molar-refractivity contribution < 1.29 is 4.39 Å². The lowest BCUT2D eigenvalue weighted by Gasteiger charge is -2.08. The molecule has 0 radical (unpaired) electrons. The van der Waals surface area contributed by atoms with Crippen LogP contribution < -0.4 is 11.1 Å². The van der Waals surface area contributed by atoms with Crippen molar-refractivity contribution in [3.8, 4) is 0 Å². The van der Waals surface area contributed by atoms with Gasteiger partial charge >= 0.3 is 0 Å². The summed E-state index contributed by atoms with van der Waals surface area (Å²) in [5.74, 6) is 0.495. The Hall–Kier alpha value is -1.88. The summed E-state index contributed by atoms with van der Waals surface area (Å²) in [5.41, 5.74) is 7.51.